The average molecular weight is 260 g/mol. The summed E-state index contributed by atoms with van der Waals surface area (Å²) in [6.07, 6.45) is 1.11. The lowest BCUT2D eigenvalue weighted by Gasteiger charge is -2.02. The summed E-state index contributed by atoms with van der Waals surface area (Å²) >= 11 is 0. The number of hydrogen-bond donors (Lipinski definition) is 0. The molecule has 0 spiro atoms. The average Bonchev–Trinajstić information content (AvgIpc) is 2.79. The van der Waals surface area contributed by atoms with E-state index in [9.17, 15) is 14.0 Å². The molecule has 0 atom stereocenters. The lowest BCUT2D eigenvalue weighted by atomic mass is 10.0. The van der Waals surface area contributed by atoms with Crippen LogP contribution in [0.15, 0.2) is 34.9 Å². The van der Waals surface area contributed by atoms with Crippen molar-refractivity contribution in [3.8, 4) is 0 Å². The molecule has 0 saturated heterocycles. The van der Waals surface area contributed by atoms with Crippen LogP contribution in [0, 0.1) is 19.7 Å². The van der Waals surface area contributed by atoms with Crippen molar-refractivity contribution in [1.29, 1.82) is 0 Å². The van der Waals surface area contributed by atoms with Gasteiger partial charge in [0.1, 0.15) is 11.6 Å². The highest BCUT2D eigenvalue weighted by Crippen LogP contribution is 2.15. The molecule has 0 unspecified atom stereocenters. The number of carbonyl (C=O) groups is 2. The van der Waals surface area contributed by atoms with Gasteiger partial charge in [-0.1, -0.05) is 12.1 Å². The van der Waals surface area contributed by atoms with E-state index in [-0.39, 0.29) is 17.8 Å². The van der Waals surface area contributed by atoms with Gasteiger partial charge >= 0.3 is 0 Å². The molecule has 0 fully saturated rings. The fourth-order valence-corrected chi connectivity index (χ4v) is 1.78. The molecule has 0 bridgehead atoms. The fourth-order valence-electron chi connectivity index (χ4n) is 1.78. The summed E-state index contributed by atoms with van der Waals surface area (Å²) in [7, 11) is 0. The van der Waals surface area contributed by atoms with Crippen molar-refractivity contribution in [3.05, 3.63) is 58.8 Å². The highest BCUT2D eigenvalue weighted by atomic mass is 19.1. The summed E-state index contributed by atoms with van der Waals surface area (Å²) in [4.78, 5) is 23.8. The Labute approximate surface area is 110 Å². The zero-order valence-electron chi connectivity index (χ0n) is 10.7. The molecule has 0 aliphatic heterocycles. The molecular weight excluding hydrogens is 247 g/mol. The molecular formula is C15H13FO3. The third kappa shape index (κ3) is 2.78. The van der Waals surface area contributed by atoms with Crippen molar-refractivity contribution < 1.29 is 18.4 Å². The van der Waals surface area contributed by atoms with E-state index >= 15 is 0 Å². The Bertz CT molecular complexity index is 641. The molecule has 2 rings (SSSR count). The molecule has 1 aromatic carbocycles. The van der Waals surface area contributed by atoms with Gasteiger partial charge < -0.3 is 4.42 Å². The Morgan fingerprint density at radius 2 is 1.89 bits per heavy atom. The van der Waals surface area contributed by atoms with Crippen molar-refractivity contribution in [1.82, 2.24) is 0 Å². The molecule has 0 saturated carbocycles. The number of halogens is 1. The molecule has 2 aromatic rings. The van der Waals surface area contributed by atoms with Crippen LogP contribution in [-0.4, -0.2) is 11.6 Å². The van der Waals surface area contributed by atoms with Gasteiger partial charge in [-0.05, 0) is 31.5 Å². The smallest absolute Gasteiger partial charge is 0.174 e. The van der Waals surface area contributed by atoms with E-state index < -0.39 is 11.6 Å². The Hall–Kier alpha value is -2.23. The number of hydrogen-bond acceptors (Lipinski definition) is 3. The highest BCUT2D eigenvalue weighted by molar-refractivity contribution is 6.13. The van der Waals surface area contributed by atoms with E-state index in [1.54, 1.807) is 13.8 Å². The summed E-state index contributed by atoms with van der Waals surface area (Å²) < 4.78 is 18.4. The fraction of sp³-hybridized carbons (Fsp3) is 0.200. The van der Waals surface area contributed by atoms with Crippen LogP contribution in [0.25, 0.3) is 0 Å². The zero-order chi connectivity index (χ0) is 14.0. The van der Waals surface area contributed by atoms with Crippen LogP contribution in [0.5, 0.6) is 0 Å². The second-order valence-corrected chi connectivity index (χ2v) is 4.38. The van der Waals surface area contributed by atoms with Crippen molar-refractivity contribution in [2.75, 3.05) is 0 Å². The van der Waals surface area contributed by atoms with Gasteiger partial charge in [0.2, 0.25) is 0 Å². The van der Waals surface area contributed by atoms with E-state index in [0.29, 0.717) is 16.9 Å². The molecule has 19 heavy (non-hydrogen) atoms. The quantitative estimate of drug-likeness (QED) is 0.624. The van der Waals surface area contributed by atoms with Crippen LogP contribution in [0.4, 0.5) is 4.39 Å². The number of furan rings is 1. The predicted molar refractivity (Wildman–Crippen MR) is 67.9 cm³/mol. The lowest BCUT2D eigenvalue weighted by Crippen LogP contribution is -2.09. The van der Waals surface area contributed by atoms with Gasteiger partial charge in [0.05, 0.1) is 18.2 Å². The van der Waals surface area contributed by atoms with E-state index in [2.05, 4.69) is 0 Å². The third-order valence-corrected chi connectivity index (χ3v) is 2.97. The third-order valence-electron chi connectivity index (χ3n) is 2.97. The van der Waals surface area contributed by atoms with Gasteiger partial charge in [-0.3, -0.25) is 9.59 Å². The molecule has 0 amide bonds. The first-order valence-corrected chi connectivity index (χ1v) is 5.85. The molecule has 0 radical (unpaired) electrons. The maximum absolute atomic E-state index is 13.4. The summed E-state index contributed by atoms with van der Waals surface area (Å²) in [5, 5.41) is 0. The number of aryl methyl sites for hydroxylation is 2. The molecule has 1 heterocycles. The van der Waals surface area contributed by atoms with Crippen LogP contribution >= 0.6 is 0 Å². The van der Waals surface area contributed by atoms with E-state index in [4.69, 9.17) is 4.42 Å². The topological polar surface area (TPSA) is 47.3 Å². The van der Waals surface area contributed by atoms with Crippen LogP contribution in [0.2, 0.25) is 0 Å². The Morgan fingerprint density at radius 1 is 1.16 bits per heavy atom. The minimum atomic E-state index is -0.446. The molecule has 4 heteroatoms. The lowest BCUT2D eigenvalue weighted by molar-refractivity contribution is 0.0893. The van der Waals surface area contributed by atoms with Gasteiger partial charge in [-0.2, -0.15) is 0 Å². The van der Waals surface area contributed by atoms with Crippen molar-refractivity contribution >= 4 is 11.6 Å². The van der Waals surface area contributed by atoms with Crippen LogP contribution in [-0.2, 0) is 0 Å². The minimum Gasteiger partial charge on any atom is -0.469 e. The zero-order valence-corrected chi connectivity index (χ0v) is 10.7. The van der Waals surface area contributed by atoms with Gasteiger partial charge in [-0.15, -0.1) is 0 Å². The molecule has 0 N–H and O–H groups in total. The standard InChI is InChI=1S/C15H13FO3/c1-9-3-4-11(7-13(9)16)14(17)8-15(18)12-5-6-19-10(12)2/h3-7H,8H2,1-2H3. The summed E-state index contributed by atoms with van der Waals surface area (Å²) in [5.41, 5.74) is 1.06. The first-order valence-electron chi connectivity index (χ1n) is 5.85. The second-order valence-electron chi connectivity index (χ2n) is 4.38. The maximum atomic E-state index is 13.4. The van der Waals surface area contributed by atoms with Gasteiger partial charge in [0.25, 0.3) is 0 Å². The monoisotopic (exact) mass is 260 g/mol. The molecule has 1 aromatic heterocycles. The molecule has 98 valence electrons. The first kappa shape index (κ1) is 13.2. The van der Waals surface area contributed by atoms with Crippen molar-refractivity contribution in [2.45, 2.75) is 20.3 Å². The van der Waals surface area contributed by atoms with E-state index in [0.717, 1.165) is 6.07 Å². The van der Waals surface area contributed by atoms with E-state index in [1.807, 2.05) is 0 Å². The van der Waals surface area contributed by atoms with Crippen LogP contribution in [0.3, 0.4) is 0 Å². The summed E-state index contributed by atoms with van der Waals surface area (Å²) in [6.45, 7) is 3.27. The minimum absolute atomic E-state index is 0.206. The summed E-state index contributed by atoms with van der Waals surface area (Å²) in [5.74, 6) is -0.688. The van der Waals surface area contributed by atoms with Crippen LogP contribution < -0.4 is 0 Å². The number of rotatable bonds is 4. The number of ketones is 2. The summed E-state index contributed by atoms with van der Waals surface area (Å²) in [6, 6.07) is 5.74. The molecule has 0 aliphatic rings. The van der Waals surface area contributed by atoms with Crippen LogP contribution in [0.1, 0.15) is 38.5 Å². The molecule has 3 nitrogen and oxygen atoms in total. The van der Waals surface area contributed by atoms with Crippen molar-refractivity contribution in [2.24, 2.45) is 0 Å². The van der Waals surface area contributed by atoms with Gasteiger partial charge in [0.15, 0.2) is 11.6 Å². The van der Waals surface area contributed by atoms with Gasteiger partial charge in [0, 0.05) is 5.56 Å². The van der Waals surface area contributed by atoms with Gasteiger partial charge in [-0.25, -0.2) is 4.39 Å². The SMILES string of the molecule is Cc1ccc(C(=O)CC(=O)c2ccoc2C)cc1F. The number of benzene rings is 1. The van der Waals surface area contributed by atoms with E-state index in [1.165, 1.54) is 24.5 Å². The second kappa shape index (κ2) is 5.18. The normalized spacial score (nSPS) is 10.5. The number of carbonyl (C=O) groups excluding carboxylic acids is 2. The first-order chi connectivity index (χ1) is 8.99. The highest BCUT2D eigenvalue weighted by Gasteiger charge is 2.17. The maximum Gasteiger partial charge on any atom is 0.174 e. The molecule has 0 aliphatic carbocycles. The Kier molecular flexibility index (Phi) is 3.60. The number of Topliss-reactive ketones (excluding diaryl/α,β-unsaturated/α-hetero) is 2. The Balaban J connectivity index is 2.15. The largest absolute Gasteiger partial charge is 0.469 e. The Morgan fingerprint density at radius 3 is 2.47 bits per heavy atom. The predicted octanol–water partition coefficient (Wildman–Crippen LogP) is 3.49. The van der Waals surface area contributed by atoms with Crippen molar-refractivity contribution in [3.63, 3.8) is 0 Å².